The van der Waals surface area contributed by atoms with Crippen molar-refractivity contribution in [3.05, 3.63) is 82.3 Å². The summed E-state index contributed by atoms with van der Waals surface area (Å²) in [6.45, 7) is 5.21. The highest BCUT2D eigenvalue weighted by molar-refractivity contribution is 5.91. The van der Waals surface area contributed by atoms with Gasteiger partial charge in [-0.2, -0.15) is 18.3 Å². The zero-order valence-electron chi connectivity index (χ0n) is 18.6. The molecule has 0 aliphatic carbocycles. The largest absolute Gasteiger partial charge is 0.468 e. The van der Waals surface area contributed by atoms with Crippen molar-refractivity contribution in [3.63, 3.8) is 0 Å². The molecule has 3 aromatic rings. The number of aromatic nitrogens is 3. The number of nitrogens with zero attached hydrogens (tertiary/aromatic N) is 3. The molecule has 33 heavy (non-hydrogen) atoms. The lowest BCUT2D eigenvalue weighted by Gasteiger charge is -2.09. The van der Waals surface area contributed by atoms with Crippen molar-refractivity contribution in [2.75, 3.05) is 6.61 Å². The average Bonchev–Trinajstić information content (AvgIpc) is 3.03. The first kappa shape index (κ1) is 24.0. The van der Waals surface area contributed by atoms with E-state index in [4.69, 9.17) is 0 Å². The molecule has 2 heterocycles. The van der Waals surface area contributed by atoms with Crippen LogP contribution in [0.2, 0.25) is 0 Å². The van der Waals surface area contributed by atoms with Crippen LogP contribution in [0, 0.1) is 20.8 Å². The van der Waals surface area contributed by atoms with Crippen molar-refractivity contribution >= 4 is 12.0 Å². The summed E-state index contributed by atoms with van der Waals surface area (Å²) < 4.78 is 43.4. The number of pyridine rings is 1. The fourth-order valence-electron chi connectivity index (χ4n) is 3.17. The highest BCUT2D eigenvalue weighted by atomic mass is 19.4. The molecule has 0 aliphatic rings. The van der Waals surface area contributed by atoms with Crippen LogP contribution >= 0.6 is 0 Å². The van der Waals surface area contributed by atoms with E-state index in [1.165, 1.54) is 23.9 Å². The number of aryl methyl sites for hydroxylation is 2. The van der Waals surface area contributed by atoms with Crippen LogP contribution in [-0.4, -0.2) is 33.5 Å². The summed E-state index contributed by atoms with van der Waals surface area (Å²) in [7, 11) is 0. The molecule has 3 rings (SSSR count). The van der Waals surface area contributed by atoms with E-state index in [1.807, 2.05) is 25.5 Å². The van der Waals surface area contributed by atoms with Crippen LogP contribution in [0.1, 0.15) is 33.6 Å². The van der Waals surface area contributed by atoms with Crippen LogP contribution in [0.5, 0.6) is 5.88 Å². The lowest BCUT2D eigenvalue weighted by Crippen LogP contribution is -2.21. The van der Waals surface area contributed by atoms with Crippen LogP contribution in [0.4, 0.5) is 13.2 Å². The maximum atomic E-state index is 12.3. The number of hydrogen-bond acceptors (Lipinski definition) is 4. The molecule has 9 heteroatoms. The fraction of sp³-hybridized carbons (Fsp3) is 0.292. The van der Waals surface area contributed by atoms with E-state index in [0.717, 1.165) is 22.5 Å². The Morgan fingerprint density at radius 2 is 1.85 bits per heavy atom. The van der Waals surface area contributed by atoms with Gasteiger partial charge in [-0.05, 0) is 44.0 Å². The average molecular weight is 458 g/mol. The lowest BCUT2D eigenvalue weighted by atomic mass is 10.1. The highest BCUT2D eigenvalue weighted by Crippen LogP contribution is 2.18. The number of alkyl halides is 3. The highest BCUT2D eigenvalue weighted by Gasteiger charge is 2.28. The third-order valence-electron chi connectivity index (χ3n) is 4.94. The maximum absolute atomic E-state index is 12.3. The molecule has 1 aromatic carbocycles. The van der Waals surface area contributed by atoms with E-state index in [1.54, 1.807) is 12.1 Å². The van der Waals surface area contributed by atoms with Gasteiger partial charge in [0.25, 0.3) is 0 Å². The molecular weight excluding hydrogens is 433 g/mol. The second kappa shape index (κ2) is 10.3. The summed E-state index contributed by atoms with van der Waals surface area (Å²) in [5.41, 5.74) is 5.52. The van der Waals surface area contributed by atoms with Crippen molar-refractivity contribution in [1.29, 1.82) is 0 Å². The summed E-state index contributed by atoms with van der Waals surface area (Å²) in [5, 5.41) is 7.28. The molecule has 0 bridgehead atoms. The minimum atomic E-state index is -4.44. The Morgan fingerprint density at radius 3 is 2.55 bits per heavy atom. The van der Waals surface area contributed by atoms with Crippen LogP contribution < -0.4 is 10.1 Å². The Bertz CT molecular complexity index is 1140. The van der Waals surface area contributed by atoms with Crippen LogP contribution in [0.3, 0.4) is 0 Å². The maximum Gasteiger partial charge on any atom is 0.422 e. The molecule has 0 aliphatic heterocycles. The quantitative estimate of drug-likeness (QED) is 0.504. The van der Waals surface area contributed by atoms with Gasteiger partial charge in [0.1, 0.15) is 0 Å². The van der Waals surface area contributed by atoms with E-state index in [2.05, 4.69) is 44.4 Å². The standard InChI is InChI=1S/C24H25F3N4O2/c1-16-4-6-19(7-5-16)14-31-18(3)21(17(2)30-31)8-9-22(32)29-13-20-10-11-28-23(12-20)33-15-24(25,26)27/h4-12H,13-15H2,1-3H3,(H,29,32)/b9-8+. The van der Waals surface area contributed by atoms with Crippen molar-refractivity contribution in [3.8, 4) is 5.88 Å². The number of ether oxygens (including phenoxy) is 1. The Hall–Kier alpha value is -3.62. The van der Waals surface area contributed by atoms with Crippen molar-refractivity contribution in [2.24, 2.45) is 0 Å². The van der Waals surface area contributed by atoms with Gasteiger partial charge in [-0.3, -0.25) is 9.48 Å². The third kappa shape index (κ3) is 7.20. The number of carbonyl (C=O) groups excluding carboxylic acids is 1. The number of carbonyl (C=O) groups is 1. The number of nitrogens with one attached hydrogen (secondary N) is 1. The minimum Gasteiger partial charge on any atom is -0.468 e. The summed E-state index contributed by atoms with van der Waals surface area (Å²) >= 11 is 0. The van der Waals surface area contributed by atoms with E-state index in [9.17, 15) is 18.0 Å². The molecule has 174 valence electrons. The normalized spacial score (nSPS) is 11.7. The molecule has 1 N–H and O–H groups in total. The van der Waals surface area contributed by atoms with Gasteiger partial charge >= 0.3 is 6.18 Å². The monoisotopic (exact) mass is 458 g/mol. The molecule has 0 fully saturated rings. The zero-order valence-corrected chi connectivity index (χ0v) is 18.6. The molecule has 0 unspecified atom stereocenters. The van der Waals surface area contributed by atoms with Crippen LogP contribution in [0.15, 0.2) is 48.7 Å². The first-order valence-corrected chi connectivity index (χ1v) is 10.3. The summed E-state index contributed by atoms with van der Waals surface area (Å²) in [4.78, 5) is 16.0. The van der Waals surface area contributed by atoms with Crippen molar-refractivity contribution in [2.45, 2.75) is 40.0 Å². The first-order chi connectivity index (χ1) is 15.6. The van der Waals surface area contributed by atoms with Crippen LogP contribution in [-0.2, 0) is 17.9 Å². The zero-order chi connectivity index (χ0) is 24.0. The molecule has 6 nitrogen and oxygen atoms in total. The van der Waals surface area contributed by atoms with Gasteiger partial charge in [-0.25, -0.2) is 4.98 Å². The first-order valence-electron chi connectivity index (χ1n) is 10.3. The number of benzene rings is 1. The fourth-order valence-corrected chi connectivity index (χ4v) is 3.17. The SMILES string of the molecule is Cc1ccc(Cn2nc(C)c(/C=C/C(=O)NCc3ccnc(OCC(F)(F)F)c3)c2C)cc1. The predicted octanol–water partition coefficient (Wildman–Crippen LogP) is 4.52. The molecule has 0 radical (unpaired) electrons. The molecular formula is C24H25F3N4O2. The topological polar surface area (TPSA) is 69.0 Å². The molecule has 1 amide bonds. The Kier molecular flexibility index (Phi) is 7.52. The Morgan fingerprint density at radius 1 is 1.12 bits per heavy atom. The van der Waals surface area contributed by atoms with E-state index >= 15 is 0 Å². The number of hydrogen-bond donors (Lipinski definition) is 1. The van der Waals surface area contributed by atoms with E-state index in [-0.39, 0.29) is 18.3 Å². The van der Waals surface area contributed by atoms with E-state index in [0.29, 0.717) is 12.1 Å². The Balaban J connectivity index is 1.58. The summed E-state index contributed by atoms with van der Waals surface area (Å²) in [6, 6.07) is 11.2. The van der Waals surface area contributed by atoms with Gasteiger partial charge in [0.05, 0.1) is 12.2 Å². The smallest absolute Gasteiger partial charge is 0.422 e. The lowest BCUT2D eigenvalue weighted by molar-refractivity contribution is -0.154. The van der Waals surface area contributed by atoms with Crippen molar-refractivity contribution in [1.82, 2.24) is 20.1 Å². The summed E-state index contributed by atoms with van der Waals surface area (Å²) in [6.07, 6.45) is 0.0115. The van der Waals surface area contributed by atoms with Gasteiger partial charge in [0.2, 0.25) is 11.8 Å². The molecule has 0 saturated heterocycles. The Labute approximate surface area is 190 Å². The third-order valence-corrected chi connectivity index (χ3v) is 4.94. The van der Waals surface area contributed by atoms with Crippen molar-refractivity contribution < 1.29 is 22.7 Å². The van der Waals surface area contributed by atoms with Crippen LogP contribution in [0.25, 0.3) is 6.08 Å². The van der Waals surface area contributed by atoms with Gasteiger partial charge in [0, 0.05) is 36.1 Å². The van der Waals surface area contributed by atoms with Gasteiger partial charge in [-0.1, -0.05) is 29.8 Å². The number of rotatable bonds is 8. The van der Waals surface area contributed by atoms with Gasteiger partial charge < -0.3 is 10.1 Å². The number of halogens is 3. The predicted molar refractivity (Wildman–Crippen MR) is 119 cm³/mol. The molecule has 0 atom stereocenters. The second-order valence-corrected chi connectivity index (χ2v) is 7.69. The minimum absolute atomic E-state index is 0.124. The van der Waals surface area contributed by atoms with Gasteiger partial charge in [-0.15, -0.1) is 0 Å². The molecule has 0 saturated carbocycles. The summed E-state index contributed by atoms with van der Waals surface area (Å²) in [5.74, 6) is -0.489. The number of amides is 1. The molecule has 0 spiro atoms. The second-order valence-electron chi connectivity index (χ2n) is 7.69. The van der Waals surface area contributed by atoms with E-state index < -0.39 is 12.8 Å². The molecule has 2 aromatic heterocycles. The van der Waals surface area contributed by atoms with Gasteiger partial charge in [0.15, 0.2) is 6.61 Å².